The molecule has 1 aromatic carbocycles. The van der Waals surface area contributed by atoms with Gasteiger partial charge in [0.1, 0.15) is 5.75 Å². The van der Waals surface area contributed by atoms with Crippen molar-refractivity contribution in [1.82, 2.24) is 15.5 Å². The average molecular weight is 476 g/mol. The van der Waals surface area contributed by atoms with Crippen molar-refractivity contribution in [2.75, 3.05) is 47.4 Å². The summed E-state index contributed by atoms with van der Waals surface area (Å²) in [5, 5.41) is 6.76. The highest BCUT2D eigenvalue weighted by molar-refractivity contribution is 14.0. The molecule has 1 rings (SSSR count). The average Bonchev–Trinajstić information content (AvgIpc) is 2.53. The molecule has 2 N–H and O–H groups in total. The fourth-order valence-electron chi connectivity index (χ4n) is 2.89. The SMILES string of the molecule is CCNC(=NCC(C)(C)CN(C)C)NCCc1ccc(C)c(OC)c1.I. The van der Waals surface area contributed by atoms with Crippen LogP contribution in [0.3, 0.4) is 0 Å². The van der Waals surface area contributed by atoms with Crippen LogP contribution in [0.2, 0.25) is 0 Å². The Morgan fingerprint density at radius 2 is 1.92 bits per heavy atom. The summed E-state index contributed by atoms with van der Waals surface area (Å²) in [4.78, 5) is 6.97. The van der Waals surface area contributed by atoms with Crippen LogP contribution < -0.4 is 15.4 Å². The number of guanidine groups is 1. The van der Waals surface area contributed by atoms with Crippen LogP contribution in [0.4, 0.5) is 0 Å². The maximum Gasteiger partial charge on any atom is 0.191 e. The second-order valence-corrected chi connectivity index (χ2v) is 7.58. The van der Waals surface area contributed by atoms with Gasteiger partial charge in [0.25, 0.3) is 0 Å². The van der Waals surface area contributed by atoms with Crippen LogP contribution in [0.25, 0.3) is 0 Å². The van der Waals surface area contributed by atoms with E-state index >= 15 is 0 Å². The fraction of sp³-hybridized carbons (Fsp3) is 0.650. The Labute approximate surface area is 177 Å². The zero-order valence-electron chi connectivity index (χ0n) is 17.5. The molecule has 0 bridgehead atoms. The molecule has 0 amide bonds. The minimum absolute atomic E-state index is 0. The van der Waals surface area contributed by atoms with Gasteiger partial charge in [-0.1, -0.05) is 26.0 Å². The van der Waals surface area contributed by atoms with Gasteiger partial charge in [-0.3, -0.25) is 4.99 Å². The zero-order chi connectivity index (χ0) is 18.9. The summed E-state index contributed by atoms with van der Waals surface area (Å²) < 4.78 is 5.40. The lowest BCUT2D eigenvalue weighted by Crippen LogP contribution is -2.40. The highest BCUT2D eigenvalue weighted by Crippen LogP contribution is 2.19. The van der Waals surface area contributed by atoms with Crippen LogP contribution in [0.1, 0.15) is 31.9 Å². The number of rotatable bonds is 9. The number of methoxy groups -OCH3 is 1. The van der Waals surface area contributed by atoms with Gasteiger partial charge in [-0.25, -0.2) is 0 Å². The van der Waals surface area contributed by atoms with Crippen LogP contribution in [0, 0.1) is 12.3 Å². The van der Waals surface area contributed by atoms with E-state index in [4.69, 9.17) is 9.73 Å². The minimum atomic E-state index is 0. The number of hydrogen-bond acceptors (Lipinski definition) is 3. The summed E-state index contributed by atoms with van der Waals surface area (Å²) in [5.74, 6) is 1.83. The standard InChI is InChI=1S/C20H36N4O.HI/c1-8-21-19(23-14-20(3,4)15-24(5)6)22-12-11-17-10-9-16(2)18(13-17)25-7;/h9-10,13H,8,11-12,14-15H2,1-7H3,(H2,21,22,23);1H. The van der Waals surface area contributed by atoms with Crippen molar-refractivity contribution >= 4 is 29.9 Å². The number of nitrogens with one attached hydrogen (secondary N) is 2. The Hall–Kier alpha value is -1.02. The Kier molecular flexibility index (Phi) is 11.9. The number of aliphatic imine (C=N–C) groups is 1. The van der Waals surface area contributed by atoms with Crippen LogP contribution >= 0.6 is 24.0 Å². The molecule has 0 saturated heterocycles. The molecule has 0 unspecified atom stereocenters. The highest BCUT2D eigenvalue weighted by atomic mass is 127. The third-order valence-corrected chi connectivity index (χ3v) is 3.93. The summed E-state index contributed by atoms with van der Waals surface area (Å²) in [5.41, 5.74) is 2.58. The normalized spacial score (nSPS) is 11.9. The molecular weight excluding hydrogens is 439 g/mol. The Morgan fingerprint density at radius 1 is 1.23 bits per heavy atom. The molecule has 0 fully saturated rings. The van der Waals surface area contributed by atoms with Crippen molar-refractivity contribution in [3.63, 3.8) is 0 Å². The largest absolute Gasteiger partial charge is 0.496 e. The third kappa shape index (κ3) is 9.62. The lowest BCUT2D eigenvalue weighted by Gasteiger charge is -2.26. The second-order valence-electron chi connectivity index (χ2n) is 7.58. The molecule has 0 spiro atoms. The van der Waals surface area contributed by atoms with Crippen LogP contribution in [-0.4, -0.2) is 58.2 Å². The molecular formula is C20H37IN4O. The number of benzene rings is 1. The molecule has 5 nitrogen and oxygen atoms in total. The molecule has 0 aliphatic carbocycles. The van der Waals surface area contributed by atoms with Gasteiger partial charge in [-0.15, -0.1) is 24.0 Å². The maximum absolute atomic E-state index is 5.40. The Bertz CT molecular complexity index is 559. The van der Waals surface area contributed by atoms with E-state index < -0.39 is 0 Å². The molecule has 0 heterocycles. The lowest BCUT2D eigenvalue weighted by atomic mass is 9.93. The van der Waals surface area contributed by atoms with Gasteiger partial charge in [0.2, 0.25) is 0 Å². The first-order chi connectivity index (χ1) is 11.8. The topological polar surface area (TPSA) is 48.9 Å². The summed E-state index contributed by atoms with van der Waals surface area (Å²) in [6.07, 6.45) is 0.933. The van der Waals surface area contributed by atoms with Gasteiger partial charge in [0.15, 0.2) is 5.96 Å². The van der Waals surface area contributed by atoms with Crippen LogP contribution in [-0.2, 0) is 6.42 Å². The summed E-state index contributed by atoms with van der Waals surface area (Å²) in [7, 11) is 5.92. The monoisotopic (exact) mass is 476 g/mol. The van der Waals surface area contributed by atoms with E-state index in [9.17, 15) is 0 Å². The second kappa shape index (κ2) is 12.4. The van der Waals surface area contributed by atoms with E-state index in [-0.39, 0.29) is 29.4 Å². The molecule has 0 radical (unpaired) electrons. The van der Waals surface area contributed by atoms with E-state index in [1.54, 1.807) is 7.11 Å². The molecule has 0 aliphatic heterocycles. The molecule has 26 heavy (non-hydrogen) atoms. The van der Waals surface area contributed by atoms with Crippen LogP contribution in [0.15, 0.2) is 23.2 Å². The number of ether oxygens (including phenoxy) is 1. The van der Waals surface area contributed by atoms with Gasteiger partial charge in [-0.05, 0) is 57.0 Å². The number of aryl methyl sites for hydroxylation is 1. The predicted molar refractivity (Wildman–Crippen MR) is 123 cm³/mol. The van der Waals surface area contributed by atoms with Crippen molar-refractivity contribution in [2.24, 2.45) is 10.4 Å². The zero-order valence-corrected chi connectivity index (χ0v) is 19.8. The quantitative estimate of drug-likeness (QED) is 0.326. The Balaban J connectivity index is 0.00000625. The third-order valence-electron chi connectivity index (χ3n) is 3.93. The molecule has 6 heteroatoms. The maximum atomic E-state index is 5.40. The first kappa shape index (κ1) is 25.0. The molecule has 0 aromatic heterocycles. The van der Waals surface area contributed by atoms with Crippen molar-refractivity contribution in [3.8, 4) is 5.75 Å². The fourth-order valence-corrected chi connectivity index (χ4v) is 2.89. The van der Waals surface area contributed by atoms with Gasteiger partial charge in [0.05, 0.1) is 7.11 Å². The van der Waals surface area contributed by atoms with Gasteiger partial charge < -0.3 is 20.3 Å². The van der Waals surface area contributed by atoms with Crippen molar-refractivity contribution in [2.45, 2.75) is 34.1 Å². The number of nitrogens with zero attached hydrogens (tertiary/aromatic N) is 2. The summed E-state index contributed by atoms with van der Waals surface area (Å²) in [6, 6.07) is 6.38. The van der Waals surface area contributed by atoms with Crippen molar-refractivity contribution < 1.29 is 4.74 Å². The predicted octanol–water partition coefficient (Wildman–Crippen LogP) is 3.31. The number of halogens is 1. The molecule has 0 saturated carbocycles. The van der Waals surface area contributed by atoms with E-state index in [1.165, 1.54) is 5.56 Å². The molecule has 150 valence electrons. The smallest absolute Gasteiger partial charge is 0.191 e. The van der Waals surface area contributed by atoms with E-state index in [2.05, 4.69) is 75.5 Å². The van der Waals surface area contributed by atoms with Crippen LogP contribution in [0.5, 0.6) is 5.75 Å². The molecule has 1 aromatic rings. The first-order valence-corrected chi connectivity index (χ1v) is 9.08. The first-order valence-electron chi connectivity index (χ1n) is 9.08. The minimum Gasteiger partial charge on any atom is -0.496 e. The summed E-state index contributed by atoms with van der Waals surface area (Å²) >= 11 is 0. The van der Waals surface area contributed by atoms with E-state index in [0.717, 1.165) is 49.9 Å². The van der Waals surface area contributed by atoms with Crippen molar-refractivity contribution in [1.29, 1.82) is 0 Å². The van der Waals surface area contributed by atoms with Gasteiger partial charge >= 0.3 is 0 Å². The van der Waals surface area contributed by atoms with Crippen molar-refractivity contribution in [3.05, 3.63) is 29.3 Å². The van der Waals surface area contributed by atoms with Gasteiger partial charge in [-0.2, -0.15) is 0 Å². The lowest BCUT2D eigenvalue weighted by molar-refractivity contribution is 0.248. The highest BCUT2D eigenvalue weighted by Gasteiger charge is 2.18. The summed E-state index contributed by atoms with van der Waals surface area (Å²) in [6.45, 7) is 12.2. The molecule has 0 aliphatic rings. The number of hydrogen-bond donors (Lipinski definition) is 2. The van der Waals surface area contributed by atoms with Gasteiger partial charge in [0, 0.05) is 26.2 Å². The Morgan fingerprint density at radius 3 is 2.50 bits per heavy atom. The molecule has 0 atom stereocenters. The van der Waals surface area contributed by atoms with E-state index in [1.807, 2.05) is 0 Å². The van der Waals surface area contributed by atoms with E-state index in [0.29, 0.717) is 0 Å².